The minimum absolute atomic E-state index is 0.00875. The molecule has 6 nitrogen and oxygen atoms in total. The molecule has 0 aliphatic carbocycles. The molecule has 2 aromatic rings. The molecule has 1 aromatic carbocycles. The first-order chi connectivity index (χ1) is 7.13. The molecule has 1 heterocycles. The van der Waals surface area contributed by atoms with Gasteiger partial charge in [0.05, 0.1) is 5.52 Å². The van der Waals surface area contributed by atoms with Crippen LogP contribution in [0.3, 0.4) is 0 Å². The van der Waals surface area contributed by atoms with Gasteiger partial charge in [-0.1, -0.05) is 5.16 Å². The van der Waals surface area contributed by atoms with Crippen LogP contribution in [0.1, 0.15) is 5.56 Å². The maximum absolute atomic E-state index is 11.2. The van der Waals surface area contributed by atoms with E-state index < -0.39 is 5.76 Å². The van der Waals surface area contributed by atoms with E-state index in [1.165, 1.54) is 4.57 Å². The van der Waals surface area contributed by atoms with E-state index in [0.717, 1.165) is 0 Å². The minimum atomic E-state index is -0.443. The van der Waals surface area contributed by atoms with Gasteiger partial charge in [0.15, 0.2) is 11.4 Å². The number of oxime groups is 1. The van der Waals surface area contributed by atoms with Gasteiger partial charge in [0.25, 0.3) is 0 Å². The molecule has 0 amide bonds. The lowest BCUT2D eigenvalue weighted by Gasteiger charge is -1.98. The fraction of sp³-hybridized carbons (Fsp3) is 0.111. The number of hydrogen-bond donors (Lipinski definition) is 2. The van der Waals surface area contributed by atoms with Crippen LogP contribution >= 0.6 is 0 Å². The van der Waals surface area contributed by atoms with Crippen molar-refractivity contribution in [3.05, 3.63) is 34.3 Å². The van der Waals surface area contributed by atoms with Crippen LogP contribution in [0, 0.1) is 0 Å². The number of amidine groups is 1. The van der Waals surface area contributed by atoms with Crippen molar-refractivity contribution in [1.29, 1.82) is 0 Å². The first kappa shape index (κ1) is 9.32. The Morgan fingerprint density at radius 1 is 1.60 bits per heavy atom. The van der Waals surface area contributed by atoms with Gasteiger partial charge in [0, 0.05) is 12.6 Å². The maximum Gasteiger partial charge on any atom is 0.419 e. The van der Waals surface area contributed by atoms with Crippen molar-refractivity contribution in [2.75, 3.05) is 0 Å². The van der Waals surface area contributed by atoms with E-state index in [0.29, 0.717) is 16.7 Å². The number of nitrogens with two attached hydrogens (primary N) is 1. The fourth-order valence-corrected chi connectivity index (χ4v) is 1.34. The van der Waals surface area contributed by atoms with Crippen molar-refractivity contribution in [1.82, 2.24) is 4.57 Å². The van der Waals surface area contributed by atoms with E-state index in [2.05, 4.69) is 5.16 Å². The third-order valence-electron chi connectivity index (χ3n) is 2.19. The second-order valence-electron chi connectivity index (χ2n) is 3.09. The van der Waals surface area contributed by atoms with Crippen molar-refractivity contribution in [3.8, 4) is 0 Å². The smallest absolute Gasteiger partial charge is 0.409 e. The van der Waals surface area contributed by atoms with E-state index in [4.69, 9.17) is 15.4 Å². The zero-order valence-electron chi connectivity index (χ0n) is 7.97. The Kier molecular flexibility index (Phi) is 1.96. The summed E-state index contributed by atoms with van der Waals surface area (Å²) in [5, 5.41) is 11.4. The Labute approximate surface area is 84.2 Å². The van der Waals surface area contributed by atoms with Crippen molar-refractivity contribution < 1.29 is 9.62 Å². The molecule has 78 valence electrons. The number of fused-ring (bicyclic) bond motifs is 1. The third kappa shape index (κ3) is 1.35. The summed E-state index contributed by atoms with van der Waals surface area (Å²) >= 11 is 0. The molecule has 1 aromatic heterocycles. The monoisotopic (exact) mass is 207 g/mol. The van der Waals surface area contributed by atoms with E-state index in [-0.39, 0.29) is 5.84 Å². The standard InChI is InChI=1S/C9H9N3O3/c1-12-6-4-5(8(10)11-14)2-3-7(6)15-9(12)13/h2-4,14H,1H3,(H2,10,11). The maximum atomic E-state index is 11.2. The molecule has 15 heavy (non-hydrogen) atoms. The molecule has 0 saturated heterocycles. The van der Waals surface area contributed by atoms with Crippen LogP contribution in [0.15, 0.2) is 32.6 Å². The Hall–Kier alpha value is -2.24. The highest BCUT2D eigenvalue weighted by atomic mass is 16.4. The van der Waals surface area contributed by atoms with Gasteiger partial charge in [0.2, 0.25) is 0 Å². The second-order valence-corrected chi connectivity index (χ2v) is 3.09. The summed E-state index contributed by atoms with van der Waals surface area (Å²) in [6.45, 7) is 0. The summed E-state index contributed by atoms with van der Waals surface area (Å²) in [5.41, 5.74) is 7.02. The molecule has 0 bridgehead atoms. The van der Waals surface area contributed by atoms with Gasteiger partial charge in [-0.2, -0.15) is 0 Å². The van der Waals surface area contributed by atoms with E-state index >= 15 is 0 Å². The fourth-order valence-electron chi connectivity index (χ4n) is 1.34. The molecule has 0 aliphatic rings. The lowest BCUT2D eigenvalue weighted by atomic mass is 10.2. The van der Waals surface area contributed by atoms with Crippen molar-refractivity contribution in [2.24, 2.45) is 17.9 Å². The SMILES string of the molecule is Cn1c(=O)oc2ccc(/C(N)=N/O)cc21. The van der Waals surface area contributed by atoms with Gasteiger partial charge in [-0.15, -0.1) is 0 Å². The van der Waals surface area contributed by atoms with E-state index in [9.17, 15) is 4.79 Å². The number of aryl methyl sites for hydroxylation is 1. The summed E-state index contributed by atoms with van der Waals surface area (Å²) in [6, 6.07) is 4.83. The average Bonchev–Trinajstić information content (AvgIpc) is 2.54. The molecule has 0 atom stereocenters. The summed E-state index contributed by atoms with van der Waals surface area (Å²) < 4.78 is 6.28. The summed E-state index contributed by atoms with van der Waals surface area (Å²) in [6.07, 6.45) is 0. The highest BCUT2D eigenvalue weighted by Crippen LogP contribution is 2.13. The molecule has 0 spiro atoms. The van der Waals surface area contributed by atoms with Gasteiger partial charge in [-0.25, -0.2) is 4.79 Å². The predicted octanol–water partition coefficient (Wildman–Crippen LogP) is 0.226. The highest BCUT2D eigenvalue weighted by molar-refractivity contribution is 5.99. The topological polar surface area (TPSA) is 93.8 Å². The van der Waals surface area contributed by atoms with Gasteiger partial charge in [-0.3, -0.25) is 4.57 Å². The number of aromatic nitrogens is 1. The molecule has 0 aliphatic heterocycles. The normalized spacial score (nSPS) is 12.2. The molecular weight excluding hydrogens is 198 g/mol. The Morgan fingerprint density at radius 2 is 2.33 bits per heavy atom. The van der Waals surface area contributed by atoms with Crippen molar-refractivity contribution in [3.63, 3.8) is 0 Å². The Bertz CT molecular complexity index is 594. The third-order valence-corrected chi connectivity index (χ3v) is 2.19. The largest absolute Gasteiger partial charge is 0.419 e. The molecule has 0 saturated carbocycles. The highest BCUT2D eigenvalue weighted by Gasteiger charge is 2.07. The van der Waals surface area contributed by atoms with E-state index in [1.807, 2.05) is 0 Å². The van der Waals surface area contributed by atoms with Crippen LogP contribution in [0.5, 0.6) is 0 Å². The molecule has 0 unspecified atom stereocenters. The van der Waals surface area contributed by atoms with Gasteiger partial charge >= 0.3 is 5.76 Å². The summed E-state index contributed by atoms with van der Waals surface area (Å²) in [7, 11) is 1.59. The van der Waals surface area contributed by atoms with Crippen molar-refractivity contribution >= 4 is 16.9 Å². The van der Waals surface area contributed by atoms with Crippen LogP contribution < -0.4 is 11.5 Å². The van der Waals surface area contributed by atoms with Crippen LogP contribution in [0.2, 0.25) is 0 Å². The summed E-state index contributed by atoms with van der Waals surface area (Å²) in [5.74, 6) is -0.452. The van der Waals surface area contributed by atoms with Crippen LogP contribution in [0.4, 0.5) is 0 Å². The van der Waals surface area contributed by atoms with Crippen molar-refractivity contribution in [2.45, 2.75) is 0 Å². The van der Waals surface area contributed by atoms with Crippen LogP contribution in [0.25, 0.3) is 11.1 Å². The average molecular weight is 207 g/mol. The summed E-state index contributed by atoms with van der Waals surface area (Å²) in [4.78, 5) is 11.2. The molecule has 2 rings (SSSR count). The molecule has 3 N–H and O–H groups in total. The van der Waals surface area contributed by atoms with E-state index in [1.54, 1.807) is 25.2 Å². The first-order valence-electron chi connectivity index (χ1n) is 4.21. The predicted molar refractivity (Wildman–Crippen MR) is 54.0 cm³/mol. The molecule has 0 radical (unpaired) electrons. The van der Waals surface area contributed by atoms with Crippen LogP contribution in [-0.4, -0.2) is 15.6 Å². The minimum Gasteiger partial charge on any atom is -0.409 e. The number of rotatable bonds is 1. The quantitative estimate of drug-likeness (QED) is 0.303. The first-order valence-corrected chi connectivity index (χ1v) is 4.21. The van der Waals surface area contributed by atoms with Gasteiger partial charge < -0.3 is 15.4 Å². The number of oxazole rings is 1. The molecule has 6 heteroatoms. The number of nitrogens with zero attached hydrogens (tertiary/aromatic N) is 2. The zero-order chi connectivity index (χ0) is 11.0. The number of hydrogen-bond acceptors (Lipinski definition) is 4. The molecular formula is C9H9N3O3. The number of benzene rings is 1. The van der Waals surface area contributed by atoms with Crippen LogP contribution in [-0.2, 0) is 7.05 Å². The second kappa shape index (κ2) is 3.16. The lowest BCUT2D eigenvalue weighted by Crippen LogP contribution is -2.13. The Balaban J connectivity index is 2.75. The Morgan fingerprint density at radius 3 is 3.00 bits per heavy atom. The lowest BCUT2D eigenvalue weighted by molar-refractivity contribution is 0.318. The van der Waals surface area contributed by atoms with Gasteiger partial charge in [-0.05, 0) is 18.2 Å². The zero-order valence-corrected chi connectivity index (χ0v) is 7.97. The molecule has 0 fully saturated rings. The van der Waals surface area contributed by atoms with Gasteiger partial charge in [0.1, 0.15) is 0 Å².